The summed E-state index contributed by atoms with van der Waals surface area (Å²) in [5.74, 6) is -0.778. The zero-order valence-corrected chi connectivity index (χ0v) is 10.6. The van der Waals surface area contributed by atoms with Crippen LogP contribution in [-0.2, 0) is 15.0 Å². The minimum Gasteiger partial charge on any atom is -0.481 e. The van der Waals surface area contributed by atoms with E-state index in [1.54, 1.807) is 0 Å². The first kappa shape index (κ1) is 14.4. The quantitative estimate of drug-likeness (QED) is 0.504. The summed E-state index contributed by atoms with van der Waals surface area (Å²) in [4.78, 5) is 10.2. The van der Waals surface area contributed by atoms with E-state index >= 15 is 0 Å². The lowest BCUT2D eigenvalue weighted by atomic mass is 10.1. The molecule has 1 rings (SSSR count). The topological polar surface area (TPSA) is 95.5 Å². The van der Waals surface area contributed by atoms with Gasteiger partial charge in [-0.3, -0.25) is 4.79 Å². The summed E-state index contributed by atoms with van der Waals surface area (Å²) in [5, 5.41) is 8.41. The van der Waals surface area contributed by atoms with Crippen LogP contribution in [0.25, 0.3) is 0 Å². The number of hydrogen-bond donors (Lipinski definition) is 3. The van der Waals surface area contributed by atoms with Gasteiger partial charge in [-0.15, -0.1) is 0 Å². The van der Waals surface area contributed by atoms with E-state index in [2.05, 4.69) is 9.44 Å². The molecule has 17 heavy (non-hydrogen) atoms. The molecule has 0 aromatic heterocycles. The van der Waals surface area contributed by atoms with Crippen LogP contribution in [0.2, 0.25) is 0 Å². The molecule has 0 radical (unpaired) electrons. The van der Waals surface area contributed by atoms with E-state index in [0.29, 0.717) is 13.0 Å². The van der Waals surface area contributed by atoms with Gasteiger partial charge < -0.3 is 5.11 Å². The number of carboxylic acids is 1. The second-order valence-corrected chi connectivity index (χ2v) is 5.88. The van der Waals surface area contributed by atoms with Crippen molar-refractivity contribution in [3.05, 3.63) is 0 Å². The highest BCUT2D eigenvalue weighted by Gasteiger charge is 2.26. The van der Waals surface area contributed by atoms with Crippen molar-refractivity contribution >= 4 is 16.2 Å². The Balaban J connectivity index is 1.94. The first-order valence-electron chi connectivity index (χ1n) is 5.98. The van der Waals surface area contributed by atoms with Gasteiger partial charge in [0.1, 0.15) is 0 Å². The summed E-state index contributed by atoms with van der Waals surface area (Å²) in [6.07, 6.45) is 5.11. The van der Waals surface area contributed by atoms with Crippen molar-refractivity contribution in [2.24, 2.45) is 0 Å². The van der Waals surface area contributed by atoms with E-state index in [0.717, 1.165) is 32.1 Å². The van der Waals surface area contributed by atoms with E-state index in [4.69, 9.17) is 5.11 Å². The zero-order valence-electron chi connectivity index (χ0n) is 9.81. The van der Waals surface area contributed by atoms with Crippen molar-refractivity contribution in [2.45, 2.75) is 51.0 Å². The molecule has 0 heterocycles. The van der Waals surface area contributed by atoms with Gasteiger partial charge in [-0.05, 0) is 25.7 Å². The first-order chi connectivity index (χ1) is 7.99. The third kappa shape index (κ3) is 8.12. The molecule has 100 valence electrons. The SMILES string of the molecule is O=C(O)CCCCCCNS(=O)(=O)NC1CC1. The van der Waals surface area contributed by atoms with Crippen LogP contribution in [0, 0.1) is 0 Å². The Morgan fingerprint density at radius 2 is 1.82 bits per heavy atom. The fraction of sp³-hybridized carbons (Fsp3) is 0.900. The van der Waals surface area contributed by atoms with Crippen LogP contribution in [0.5, 0.6) is 0 Å². The maximum absolute atomic E-state index is 11.4. The predicted molar refractivity (Wildman–Crippen MR) is 63.8 cm³/mol. The predicted octanol–water partition coefficient (Wildman–Crippen LogP) is 0.608. The van der Waals surface area contributed by atoms with Gasteiger partial charge in [0.25, 0.3) is 10.2 Å². The summed E-state index contributed by atoms with van der Waals surface area (Å²) < 4.78 is 27.7. The van der Waals surface area contributed by atoms with E-state index < -0.39 is 16.2 Å². The lowest BCUT2D eigenvalue weighted by Crippen LogP contribution is -2.38. The number of aliphatic carboxylic acids is 1. The van der Waals surface area contributed by atoms with Crippen molar-refractivity contribution < 1.29 is 18.3 Å². The summed E-state index contributed by atoms with van der Waals surface area (Å²) in [5.41, 5.74) is 0. The van der Waals surface area contributed by atoms with Gasteiger partial charge in [0, 0.05) is 19.0 Å². The van der Waals surface area contributed by atoms with Crippen molar-refractivity contribution in [2.75, 3.05) is 6.54 Å². The molecule has 0 aromatic rings. The lowest BCUT2D eigenvalue weighted by Gasteiger charge is -2.06. The van der Waals surface area contributed by atoms with Gasteiger partial charge in [-0.1, -0.05) is 12.8 Å². The molecule has 0 saturated heterocycles. The molecule has 0 aromatic carbocycles. The summed E-state index contributed by atoms with van der Waals surface area (Å²) >= 11 is 0. The normalized spacial score (nSPS) is 16.0. The Morgan fingerprint density at radius 1 is 1.18 bits per heavy atom. The first-order valence-corrected chi connectivity index (χ1v) is 7.46. The Morgan fingerprint density at radius 3 is 2.41 bits per heavy atom. The van der Waals surface area contributed by atoms with Gasteiger partial charge in [-0.2, -0.15) is 13.1 Å². The maximum Gasteiger partial charge on any atom is 0.303 e. The van der Waals surface area contributed by atoms with Crippen molar-refractivity contribution in [1.82, 2.24) is 9.44 Å². The summed E-state index contributed by atoms with van der Waals surface area (Å²) in [6.45, 7) is 0.412. The standard InChI is InChI=1S/C10H20N2O4S/c13-10(14)5-3-1-2-4-8-11-17(15,16)12-9-6-7-9/h9,11-12H,1-8H2,(H,13,14). The van der Waals surface area contributed by atoms with E-state index in [-0.39, 0.29) is 12.5 Å². The number of rotatable bonds is 10. The van der Waals surface area contributed by atoms with Crippen LogP contribution < -0.4 is 9.44 Å². The number of unbranched alkanes of at least 4 members (excludes halogenated alkanes) is 3. The van der Waals surface area contributed by atoms with E-state index in [1.165, 1.54) is 0 Å². The van der Waals surface area contributed by atoms with Crippen molar-refractivity contribution in [3.8, 4) is 0 Å². The average Bonchev–Trinajstić information content (AvgIpc) is 2.99. The zero-order chi connectivity index (χ0) is 12.7. The molecule has 7 heteroatoms. The molecule has 1 fully saturated rings. The minimum absolute atomic E-state index is 0.128. The molecule has 0 unspecified atom stereocenters. The molecule has 0 atom stereocenters. The van der Waals surface area contributed by atoms with E-state index in [9.17, 15) is 13.2 Å². The molecular weight excluding hydrogens is 244 g/mol. The largest absolute Gasteiger partial charge is 0.481 e. The minimum atomic E-state index is -3.32. The van der Waals surface area contributed by atoms with Crippen LogP contribution in [0.1, 0.15) is 44.9 Å². The fourth-order valence-corrected chi connectivity index (χ4v) is 2.59. The van der Waals surface area contributed by atoms with Gasteiger partial charge in [0.2, 0.25) is 0 Å². The van der Waals surface area contributed by atoms with Gasteiger partial charge in [0.15, 0.2) is 0 Å². The van der Waals surface area contributed by atoms with E-state index in [1.807, 2.05) is 0 Å². The van der Waals surface area contributed by atoms with Gasteiger partial charge in [-0.25, -0.2) is 4.72 Å². The highest BCUT2D eigenvalue weighted by molar-refractivity contribution is 7.87. The highest BCUT2D eigenvalue weighted by atomic mass is 32.2. The number of hydrogen-bond acceptors (Lipinski definition) is 3. The Labute approximate surface area is 102 Å². The highest BCUT2D eigenvalue weighted by Crippen LogP contribution is 2.19. The molecule has 3 N–H and O–H groups in total. The summed E-state index contributed by atoms with van der Waals surface area (Å²) in [6, 6.07) is 0.128. The molecular formula is C10H20N2O4S. The molecule has 0 amide bonds. The summed E-state index contributed by atoms with van der Waals surface area (Å²) in [7, 11) is -3.32. The third-order valence-electron chi connectivity index (χ3n) is 2.51. The van der Waals surface area contributed by atoms with Crippen LogP contribution in [0.3, 0.4) is 0 Å². The van der Waals surface area contributed by atoms with Crippen LogP contribution >= 0.6 is 0 Å². The second-order valence-electron chi connectivity index (χ2n) is 4.35. The Hall–Kier alpha value is -0.660. The smallest absolute Gasteiger partial charge is 0.303 e. The number of carbonyl (C=O) groups is 1. The van der Waals surface area contributed by atoms with Crippen LogP contribution in [-0.4, -0.2) is 32.1 Å². The molecule has 0 bridgehead atoms. The second kappa shape index (κ2) is 6.93. The van der Waals surface area contributed by atoms with Crippen LogP contribution in [0.15, 0.2) is 0 Å². The van der Waals surface area contributed by atoms with Gasteiger partial charge in [0.05, 0.1) is 0 Å². The number of carboxylic acid groups (broad SMARTS) is 1. The van der Waals surface area contributed by atoms with Gasteiger partial charge >= 0.3 is 5.97 Å². The van der Waals surface area contributed by atoms with Crippen LogP contribution in [0.4, 0.5) is 0 Å². The Bertz CT molecular complexity index is 338. The molecule has 0 aliphatic heterocycles. The molecule has 1 aliphatic rings. The lowest BCUT2D eigenvalue weighted by molar-refractivity contribution is -0.137. The Kier molecular flexibility index (Phi) is 5.87. The monoisotopic (exact) mass is 264 g/mol. The fourth-order valence-electron chi connectivity index (χ4n) is 1.42. The third-order valence-corrected chi connectivity index (χ3v) is 3.74. The maximum atomic E-state index is 11.4. The van der Waals surface area contributed by atoms with Crippen molar-refractivity contribution in [3.63, 3.8) is 0 Å². The molecule has 0 spiro atoms. The van der Waals surface area contributed by atoms with Crippen molar-refractivity contribution in [1.29, 1.82) is 0 Å². The molecule has 1 saturated carbocycles. The molecule has 1 aliphatic carbocycles. The molecule has 6 nitrogen and oxygen atoms in total. The average molecular weight is 264 g/mol. The number of nitrogens with one attached hydrogen (secondary N) is 2.